The van der Waals surface area contributed by atoms with Crippen LogP contribution in [0.5, 0.6) is 0 Å². The first-order valence-electron chi connectivity index (χ1n) is 8.75. The van der Waals surface area contributed by atoms with E-state index >= 15 is 0 Å². The van der Waals surface area contributed by atoms with Gasteiger partial charge in [-0.15, -0.1) is 5.10 Å². The van der Waals surface area contributed by atoms with Gasteiger partial charge in [-0.2, -0.15) is 5.26 Å². The number of aromatic nitrogens is 2. The van der Waals surface area contributed by atoms with Crippen LogP contribution in [0.2, 0.25) is 5.02 Å². The topological polar surface area (TPSA) is 61.9 Å². The van der Waals surface area contributed by atoms with Gasteiger partial charge < -0.3 is 4.90 Å². The molecule has 2 aromatic carbocycles. The largest absolute Gasteiger partial charge is 0.310 e. The molecule has 0 saturated carbocycles. The van der Waals surface area contributed by atoms with Crippen molar-refractivity contribution < 1.29 is 4.79 Å². The predicted molar refractivity (Wildman–Crippen MR) is 122 cm³/mol. The number of benzene rings is 2. The number of hydrogen-bond donors (Lipinski definition) is 0. The van der Waals surface area contributed by atoms with Crippen molar-refractivity contribution in [3.05, 3.63) is 63.6 Å². The summed E-state index contributed by atoms with van der Waals surface area (Å²) in [4.78, 5) is 14.7. The van der Waals surface area contributed by atoms with Crippen molar-refractivity contribution in [3.8, 4) is 11.8 Å². The third kappa shape index (κ3) is 5.46. The fourth-order valence-corrected chi connectivity index (χ4v) is 5.30. The summed E-state index contributed by atoms with van der Waals surface area (Å²) in [6, 6.07) is 18.7. The molecule has 3 rings (SSSR count). The number of anilines is 1. The summed E-state index contributed by atoms with van der Waals surface area (Å²) in [6.07, 6.45) is 0.266. The Morgan fingerprint density at radius 1 is 1.31 bits per heavy atom. The molecule has 0 spiro atoms. The van der Waals surface area contributed by atoms with E-state index in [2.05, 4.69) is 11.2 Å². The SMILES string of the molecule is CC(Sc1nn(-c2ccc(Cl)cc2)c(=S)s1)C(=O)N(CCC#N)c1ccccc1. The zero-order valence-corrected chi connectivity index (χ0v) is 18.7. The summed E-state index contributed by atoms with van der Waals surface area (Å²) in [7, 11) is 0. The quantitative estimate of drug-likeness (QED) is 0.332. The minimum Gasteiger partial charge on any atom is -0.310 e. The molecule has 0 bridgehead atoms. The van der Waals surface area contributed by atoms with E-state index in [4.69, 9.17) is 29.1 Å². The lowest BCUT2D eigenvalue weighted by Crippen LogP contribution is -2.37. The van der Waals surface area contributed by atoms with Crippen LogP contribution in [-0.4, -0.2) is 27.5 Å². The molecule has 3 aromatic rings. The summed E-state index contributed by atoms with van der Waals surface area (Å²) >= 11 is 14.1. The molecular weight excluding hydrogens is 444 g/mol. The molecule has 0 N–H and O–H groups in total. The van der Waals surface area contributed by atoms with Crippen molar-refractivity contribution in [2.24, 2.45) is 0 Å². The lowest BCUT2D eigenvalue weighted by molar-refractivity contribution is -0.117. The van der Waals surface area contributed by atoms with E-state index in [1.165, 1.54) is 23.1 Å². The van der Waals surface area contributed by atoms with Gasteiger partial charge in [-0.05, 0) is 55.5 Å². The van der Waals surface area contributed by atoms with Crippen LogP contribution in [0.25, 0.3) is 5.69 Å². The number of hydrogen-bond acceptors (Lipinski definition) is 6. The maximum absolute atomic E-state index is 13.1. The fraction of sp³-hybridized carbons (Fsp3) is 0.200. The Morgan fingerprint density at radius 3 is 2.66 bits per heavy atom. The average Bonchev–Trinajstić information content (AvgIpc) is 3.09. The smallest absolute Gasteiger partial charge is 0.240 e. The van der Waals surface area contributed by atoms with Crippen molar-refractivity contribution in [2.45, 2.75) is 22.9 Å². The Morgan fingerprint density at radius 2 is 2.00 bits per heavy atom. The summed E-state index contributed by atoms with van der Waals surface area (Å²) in [5, 5.41) is 13.8. The first-order chi connectivity index (χ1) is 14.0. The third-order valence-electron chi connectivity index (χ3n) is 4.01. The van der Waals surface area contributed by atoms with Gasteiger partial charge in [0.15, 0.2) is 8.29 Å². The standard InChI is InChI=1S/C20H17ClN4OS3/c1-14(18(26)24(13-5-12-22)16-6-3-2-4-7-16)28-19-23-25(20(27)29-19)17-10-8-15(21)9-11-17/h2-4,6-11,14H,5,13H2,1H3. The first kappa shape index (κ1) is 21.5. The van der Waals surface area contributed by atoms with E-state index in [-0.39, 0.29) is 17.6 Å². The van der Waals surface area contributed by atoms with E-state index in [9.17, 15) is 4.79 Å². The number of thioether (sulfide) groups is 1. The average molecular weight is 461 g/mol. The molecule has 5 nitrogen and oxygen atoms in total. The minimum atomic E-state index is -0.381. The number of nitrogens with zero attached hydrogens (tertiary/aromatic N) is 4. The molecule has 0 radical (unpaired) electrons. The van der Waals surface area contributed by atoms with E-state index in [1.54, 1.807) is 21.7 Å². The molecule has 1 unspecified atom stereocenters. The molecule has 0 aliphatic rings. The Balaban J connectivity index is 1.78. The fourth-order valence-electron chi connectivity index (χ4n) is 2.61. The van der Waals surface area contributed by atoms with Gasteiger partial charge in [0.2, 0.25) is 5.91 Å². The van der Waals surface area contributed by atoms with E-state index in [0.29, 0.717) is 19.9 Å². The molecule has 0 fully saturated rings. The monoisotopic (exact) mass is 460 g/mol. The number of carbonyl (C=O) groups excluding carboxylic acids is 1. The third-order valence-corrected chi connectivity index (χ3v) is 6.66. The highest BCUT2D eigenvalue weighted by Crippen LogP contribution is 2.30. The molecule has 0 aliphatic heterocycles. The maximum atomic E-state index is 13.1. The molecule has 29 heavy (non-hydrogen) atoms. The first-order valence-corrected chi connectivity index (χ1v) is 11.2. The Hall–Kier alpha value is -2.18. The van der Waals surface area contributed by atoms with Crippen LogP contribution in [0, 0.1) is 15.3 Å². The van der Waals surface area contributed by atoms with Gasteiger partial charge in [0.25, 0.3) is 0 Å². The van der Waals surface area contributed by atoms with Crippen LogP contribution in [0.3, 0.4) is 0 Å². The van der Waals surface area contributed by atoms with Crippen LogP contribution < -0.4 is 4.90 Å². The zero-order chi connectivity index (χ0) is 20.8. The maximum Gasteiger partial charge on any atom is 0.240 e. The zero-order valence-electron chi connectivity index (χ0n) is 15.5. The molecule has 148 valence electrons. The summed E-state index contributed by atoms with van der Waals surface area (Å²) in [5.41, 5.74) is 1.60. The second kappa shape index (κ2) is 10.0. The van der Waals surface area contributed by atoms with E-state index in [0.717, 1.165) is 11.4 Å². The van der Waals surface area contributed by atoms with Crippen molar-refractivity contribution in [3.63, 3.8) is 0 Å². The molecule has 9 heteroatoms. The molecule has 0 aliphatic carbocycles. The summed E-state index contributed by atoms with van der Waals surface area (Å²) in [6.45, 7) is 2.19. The van der Waals surface area contributed by atoms with Crippen LogP contribution in [0.1, 0.15) is 13.3 Å². The van der Waals surface area contributed by atoms with Gasteiger partial charge in [0.05, 0.1) is 23.4 Å². The normalized spacial score (nSPS) is 11.6. The highest BCUT2D eigenvalue weighted by atomic mass is 35.5. The molecule has 1 atom stereocenters. The molecule has 1 amide bonds. The number of rotatable bonds is 7. The number of nitriles is 1. The molecule has 1 heterocycles. The van der Waals surface area contributed by atoms with Gasteiger partial charge in [0, 0.05) is 17.3 Å². The lowest BCUT2D eigenvalue weighted by Gasteiger charge is -2.24. The van der Waals surface area contributed by atoms with Gasteiger partial charge >= 0.3 is 0 Å². The van der Waals surface area contributed by atoms with E-state index < -0.39 is 0 Å². The molecule has 1 aromatic heterocycles. The number of carbonyl (C=O) groups is 1. The second-order valence-electron chi connectivity index (χ2n) is 6.02. The summed E-state index contributed by atoms with van der Waals surface area (Å²) < 4.78 is 2.97. The predicted octanol–water partition coefficient (Wildman–Crippen LogP) is 5.74. The highest BCUT2D eigenvalue weighted by molar-refractivity contribution is 8.02. The van der Waals surface area contributed by atoms with Gasteiger partial charge in [-0.3, -0.25) is 4.79 Å². The van der Waals surface area contributed by atoms with Gasteiger partial charge in [0.1, 0.15) is 0 Å². The highest BCUT2D eigenvalue weighted by Gasteiger charge is 2.24. The Labute approximate surface area is 187 Å². The molecular formula is C20H17ClN4OS3. The number of amides is 1. The van der Waals surface area contributed by atoms with Crippen LogP contribution >= 0.6 is 46.9 Å². The minimum absolute atomic E-state index is 0.0735. The summed E-state index contributed by atoms with van der Waals surface area (Å²) in [5.74, 6) is -0.0735. The van der Waals surface area contributed by atoms with Gasteiger partial charge in [-0.25, -0.2) is 4.68 Å². The Kier molecular flexibility index (Phi) is 7.45. The van der Waals surface area contributed by atoms with Crippen molar-refractivity contribution >= 4 is 58.5 Å². The second-order valence-corrected chi connectivity index (χ2v) is 9.66. The van der Waals surface area contributed by atoms with Crippen molar-refractivity contribution in [1.82, 2.24) is 9.78 Å². The molecule has 0 saturated heterocycles. The Bertz CT molecular complexity index is 1070. The van der Waals surface area contributed by atoms with E-state index in [1.807, 2.05) is 49.4 Å². The number of para-hydroxylation sites is 1. The van der Waals surface area contributed by atoms with Crippen LogP contribution in [0.15, 0.2) is 58.9 Å². The van der Waals surface area contributed by atoms with Crippen LogP contribution in [-0.2, 0) is 4.79 Å². The van der Waals surface area contributed by atoms with Gasteiger partial charge in [-0.1, -0.05) is 52.9 Å². The van der Waals surface area contributed by atoms with Crippen molar-refractivity contribution in [2.75, 3.05) is 11.4 Å². The number of halogens is 1. The van der Waals surface area contributed by atoms with Crippen molar-refractivity contribution in [1.29, 1.82) is 5.26 Å². The lowest BCUT2D eigenvalue weighted by atomic mass is 10.2. The van der Waals surface area contributed by atoms with Crippen LogP contribution in [0.4, 0.5) is 5.69 Å².